The SMILES string of the molecule is CCCCCCN(CCCCCC)C(=O)COCC(=O)N(C)C. The summed E-state index contributed by atoms with van der Waals surface area (Å²) in [6.45, 7) is 5.94. The number of unbranched alkanes of at least 4 members (excludes halogenated alkanes) is 6. The highest BCUT2D eigenvalue weighted by Gasteiger charge is 2.14. The number of carbonyl (C=O) groups excluding carboxylic acids is 2. The molecule has 0 N–H and O–H groups in total. The van der Waals surface area contributed by atoms with Crippen molar-refractivity contribution in [1.29, 1.82) is 0 Å². The molecule has 0 bridgehead atoms. The highest BCUT2D eigenvalue weighted by molar-refractivity contribution is 5.79. The molecule has 0 aliphatic rings. The fourth-order valence-corrected chi connectivity index (χ4v) is 2.27. The first-order chi connectivity index (χ1) is 11.0. The van der Waals surface area contributed by atoms with E-state index in [9.17, 15) is 9.59 Å². The van der Waals surface area contributed by atoms with Gasteiger partial charge in [0.05, 0.1) is 0 Å². The molecule has 0 rings (SSSR count). The minimum atomic E-state index is -0.116. The normalized spacial score (nSPS) is 10.6. The van der Waals surface area contributed by atoms with E-state index >= 15 is 0 Å². The Labute approximate surface area is 142 Å². The number of hydrogen-bond acceptors (Lipinski definition) is 3. The van der Waals surface area contributed by atoms with E-state index in [1.165, 1.54) is 30.6 Å². The zero-order chi connectivity index (χ0) is 17.5. The van der Waals surface area contributed by atoms with Gasteiger partial charge in [-0.25, -0.2) is 0 Å². The Hall–Kier alpha value is -1.10. The van der Waals surface area contributed by atoms with Crippen molar-refractivity contribution in [3.05, 3.63) is 0 Å². The second kappa shape index (κ2) is 14.5. The van der Waals surface area contributed by atoms with E-state index in [0.29, 0.717) is 0 Å². The monoisotopic (exact) mass is 328 g/mol. The van der Waals surface area contributed by atoms with Crippen LogP contribution in [-0.4, -0.2) is 62.0 Å². The molecule has 0 heterocycles. The van der Waals surface area contributed by atoms with Gasteiger partial charge in [0.25, 0.3) is 0 Å². The van der Waals surface area contributed by atoms with Crippen molar-refractivity contribution >= 4 is 11.8 Å². The molecular formula is C18H36N2O3. The van der Waals surface area contributed by atoms with Crippen LogP contribution in [0, 0.1) is 0 Å². The molecule has 136 valence electrons. The zero-order valence-corrected chi connectivity index (χ0v) is 15.6. The molecule has 0 unspecified atom stereocenters. The van der Waals surface area contributed by atoms with Crippen LogP contribution in [0.5, 0.6) is 0 Å². The number of likely N-dealkylation sites (N-methyl/N-ethyl adjacent to an activating group) is 1. The highest BCUT2D eigenvalue weighted by atomic mass is 16.5. The summed E-state index contributed by atoms with van der Waals surface area (Å²) in [5, 5.41) is 0. The Morgan fingerprint density at radius 1 is 0.739 bits per heavy atom. The van der Waals surface area contributed by atoms with Crippen LogP contribution in [0.2, 0.25) is 0 Å². The maximum Gasteiger partial charge on any atom is 0.248 e. The predicted octanol–water partition coefficient (Wildman–Crippen LogP) is 3.08. The molecule has 5 nitrogen and oxygen atoms in total. The summed E-state index contributed by atoms with van der Waals surface area (Å²) >= 11 is 0. The van der Waals surface area contributed by atoms with Crippen molar-refractivity contribution in [3.8, 4) is 0 Å². The smallest absolute Gasteiger partial charge is 0.248 e. The average Bonchev–Trinajstić information content (AvgIpc) is 2.52. The fourth-order valence-electron chi connectivity index (χ4n) is 2.27. The Morgan fingerprint density at radius 3 is 1.65 bits per heavy atom. The van der Waals surface area contributed by atoms with Gasteiger partial charge in [0.2, 0.25) is 11.8 Å². The third-order valence-electron chi connectivity index (χ3n) is 3.87. The van der Waals surface area contributed by atoms with Crippen molar-refractivity contribution in [3.63, 3.8) is 0 Å². The Balaban J connectivity index is 4.16. The first-order valence-corrected chi connectivity index (χ1v) is 9.08. The molecule has 0 aliphatic heterocycles. The minimum Gasteiger partial charge on any atom is -0.362 e. The molecule has 0 radical (unpaired) electrons. The van der Waals surface area contributed by atoms with Gasteiger partial charge in [-0.15, -0.1) is 0 Å². The fraction of sp³-hybridized carbons (Fsp3) is 0.889. The van der Waals surface area contributed by atoms with E-state index in [-0.39, 0.29) is 25.0 Å². The van der Waals surface area contributed by atoms with Crippen molar-refractivity contribution in [2.75, 3.05) is 40.4 Å². The summed E-state index contributed by atoms with van der Waals surface area (Å²) in [4.78, 5) is 27.1. The Bertz CT molecular complexity index is 307. The minimum absolute atomic E-state index is 0.00113. The van der Waals surface area contributed by atoms with Crippen LogP contribution in [0.4, 0.5) is 0 Å². The summed E-state index contributed by atoms with van der Waals surface area (Å²) < 4.78 is 5.27. The average molecular weight is 328 g/mol. The second-order valence-corrected chi connectivity index (χ2v) is 6.28. The van der Waals surface area contributed by atoms with E-state index in [4.69, 9.17) is 4.74 Å². The van der Waals surface area contributed by atoms with Crippen molar-refractivity contribution in [1.82, 2.24) is 9.80 Å². The van der Waals surface area contributed by atoms with Crippen molar-refractivity contribution < 1.29 is 14.3 Å². The lowest BCUT2D eigenvalue weighted by Gasteiger charge is -2.23. The van der Waals surface area contributed by atoms with Crippen LogP contribution in [-0.2, 0) is 14.3 Å². The molecule has 0 saturated heterocycles. The molecule has 2 amide bonds. The van der Waals surface area contributed by atoms with E-state index in [2.05, 4.69) is 13.8 Å². The van der Waals surface area contributed by atoms with Crippen LogP contribution < -0.4 is 0 Å². The number of rotatable bonds is 14. The van der Waals surface area contributed by atoms with Crippen LogP contribution >= 0.6 is 0 Å². The molecule has 0 saturated carbocycles. The van der Waals surface area contributed by atoms with Crippen molar-refractivity contribution in [2.45, 2.75) is 65.2 Å². The van der Waals surface area contributed by atoms with Crippen LogP contribution in [0.15, 0.2) is 0 Å². The standard InChI is InChI=1S/C18H36N2O3/c1-5-7-9-11-13-20(14-12-10-8-6-2)18(22)16-23-15-17(21)19(3)4/h5-16H2,1-4H3. The van der Waals surface area contributed by atoms with Crippen LogP contribution in [0.1, 0.15) is 65.2 Å². The summed E-state index contributed by atoms with van der Waals surface area (Å²) in [5.41, 5.74) is 0. The van der Waals surface area contributed by atoms with Gasteiger partial charge < -0.3 is 14.5 Å². The van der Waals surface area contributed by atoms with Gasteiger partial charge >= 0.3 is 0 Å². The second-order valence-electron chi connectivity index (χ2n) is 6.28. The third kappa shape index (κ3) is 12.0. The van der Waals surface area contributed by atoms with Gasteiger partial charge in [-0.1, -0.05) is 52.4 Å². The lowest BCUT2D eigenvalue weighted by atomic mass is 10.1. The molecule has 5 heteroatoms. The van der Waals surface area contributed by atoms with Crippen LogP contribution in [0.3, 0.4) is 0 Å². The first kappa shape index (κ1) is 21.9. The summed E-state index contributed by atoms with van der Waals surface area (Å²) in [6, 6.07) is 0. The summed E-state index contributed by atoms with van der Waals surface area (Å²) in [7, 11) is 3.36. The number of carbonyl (C=O) groups is 2. The zero-order valence-electron chi connectivity index (χ0n) is 15.6. The van der Waals surface area contributed by atoms with Gasteiger partial charge in [-0.05, 0) is 12.8 Å². The first-order valence-electron chi connectivity index (χ1n) is 9.08. The molecule has 0 fully saturated rings. The van der Waals surface area contributed by atoms with Gasteiger partial charge in [-0.3, -0.25) is 9.59 Å². The van der Waals surface area contributed by atoms with Crippen molar-refractivity contribution in [2.24, 2.45) is 0 Å². The summed E-state index contributed by atoms with van der Waals surface area (Å²) in [6.07, 6.45) is 9.23. The maximum atomic E-state index is 12.3. The highest BCUT2D eigenvalue weighted by Crippen LogP contribution is 2.06. The van der Waals surface area contributed by atoms with Gasteiger partial charge in [0, 0.05) is 27.2 Å². The molecule has 0 atom stereocenters. The van der Waals surface area contributed by atoms with Gasteiger partial charge in [-0.2, -0.15) is 0 Å². The topological polar surface area (TPSA) is 49.9 Å². The number of nitrogens with zero attached hydrogens (tertiary/aromatic N) is 2. The van der Waals surface area contributed by atoms with E-state index in [1.54, 1.807) is 14.1 Å². The molecule has 0 aromatic heterocycles. The van der Waals surface area contributed by atoms with Gasteiger partial charge in [0.15, 0.2) is 0 Å². The molecule has 0 aromatic carbocycles. The Kier molecular flexibility index (Phi) is 13.8. The molecule has 23 heavy (non-hydrogen) atoms. The largest absolute Gasteiger partial charge is 0.362 e. The number of ether oxygens (including phenoxy) is 1. The van der Waals surface area contributed by atoms with E-state index in [1.807, 2.05) is 4.90 Å². The Morgan fingerprint density at radius 2 is 1.22 bits per heavy atom. The third-order valence-corrected chi connectivity index (χ3v) is 3.87. The maximum absolute atomic E-state index is 12.3. The number of hydrogen-bond donors (Lipinski definition) is 0. The summed E-state index contributed by atoms with van der Waals surface area (Å²) in [5.74, 6) is -0.111. The van der Waals surface area contributed by atoms with Gasteiger partial charge in [0.1, 0.15) is 13.2 Å². The predicted molar refractivity (Wildman–Crippen MR) is 94.4 cm³/mol. The molecular weight excluding hydrogens is 292 g/mol. The lowest BCUT2D eigenvalue weighted by Crippen LogP contribution is -2.37. The lowest BCUT2D eigenvalue weighted by molar-refractivity contribution is -0.141. The molecule has 0 aromatic rings. The van der Waals surface area contributed by atoms with Crippen LogP contribution in [0.25, 0.3) is 0 Å². The molecule has 0 spiro atoms. The number of amides is 2. The van der Waals surface area contributed by atoms with E-state index < -0.39 is 0 Å². The quantitative estimate of drug-likeness (QED) is 0.460. The molecule has 0 aliphatic carbocycles. The van der Waals surface area contributed by atoms with E-state index in [0.717, 1.165) is 38.8 Å².